The molecule has 0 saturated heterocycles. The minimum absolute atomic E-state index is 0.132. The fourth-order valence-electron chi connectivity index (χ4n) is 1.20. The lowest BCUT2D eigenvalue weighted by atomic mass is 10.2. The predicted molar refractivity (Wildman–Crippen MR) is 74.0 cm³/mol. The molecular formula is C10H7Cl3N2O3S. The highest BCUT2D eigenvalue weighted by atomic mass is 35.6. The van der Waals surface area contributed by atoms with Gasteiger partial charge in [-0.2, -0.15) is 5.26 Å². The molecule has 1 amide bonds. The van der Waals surface area contributed by atoms with Gasteiger partial charge in [-0.05, 0) is 12.5 Å². The van der Waals surface area contributed by atoms with Crippen molar-refractivity contribution in [2.45, 2.75) is 10.7 Å². The number of nitrogens with one attached hydrogen (secondary N) is 1. The topological polar surface area (TPSA) is 79.2 Å². The monoisotopic (exact) mass is 340 g/mol. The maximum atomic E-state index is 11.5. The van der Waals surface area contributed by atoms with Gasteiger partial charge in [-0.15, -0.1) is 11.3 Å². The highest BCUT2D eigenvalue weighted by Crippen LogP contribution is 2.35. The summed E-state index contributed by atoms with van der Waals surface area (Å²) < 4.78 is 2.42. The maximum Gasteiger partial charge on any atom is 0.348 e. The molecule has 0 aliphatic heterocycles. The summed E-state index contributed by atoms with van der Waals surface area (Å²) >= 11 is 17.1. The van der Waals surface area contributed by atoms with E-state index in [1.165, 1.54) is 7.11 Å². The average molecular weight is 342 g/mol. The first-order valence-electron chi connectivity index (χ1n) is 4.72. The Morgan fingerprint density at radius 2 is 2.00 bits per heavy atom. The Morgan fingerprint density at radius 1 is 1.42 bits per heavy atom. The number of anilines is 1. The van der Waals surface area contributed by atoms with Gasteiger partial charge in [0.25, 0.3) is 9.70 Å². The number of hydrogen-bond acceptors (Lipinski definition) is 5. The number of esters is 1. The lowest BCUT2D eigenvalue weighted by Crippen LogP contribution is -2.26. The Bertz CT molecular complexity index is 572. The van der Waals surface area contributed by atoms with Crippen molar-refractivity contribution in [2.75, 3.05) is 12.4 Å². The van der Waals surface area contributed by atoms with Gasteiger partial charge in [0.2, 0.25) is 0 Å². The number of rotatable bonds is 2. The van der Waals surface area contributed by atoms with Crippen LogP contribution in [0.25, 0.3) is 0 Å². The van der Waals surface area contributed by atoms with Crippen molar-refractivity contribution in [2.24, 2.45) is 0 Å². The Kier molecular flexibility index (Phi) is 5.04. The van der Waals surface area contributed by atoms with Crippen LogP contribution in [0.5, 0.6) is 0 Å². The van der Waals surface area contributed by atoms with E-state index in [0.29, 0.717) is 5.56 Å². The number of nitriles is 1. The molecule has 102 valence electrons. The highest BCUT2D eigenvalue weighted by Gasteiger charge is 2.32. The minimum Gasteiger partial charge on any atom is -0.465 e. The normalized spacial score (nSPS) is 10.7. The van der Waals surface area contributed by atoms with Crippen molar-refractivity contribution in [3.8, 4) is 6.07 Å². The van der Waals surface area contributed by atoms with Crippen LogP contribution in [0.4, 0.5) is 5.00 Å². The van der Waals surface area contributed by atoms with Gasteiger partial charge in [-0.25, -0.2) is 4.79 Å². The van der Waals surface area contributed by atoms with Crippen molar-refractivity contribution in [3.05, 3.63) is 16.0 Å². The summed E-state index contributed by atoms with van der Waals surface area (Å²) in [5.41, 5.74) is 0.534. The second kappa shape index (κ2) is 5.97. The number of hydrogen-bond donors (Lipinski definition) is 1. The number of alkyl halides is 3. The molecule has 1 heterocycles. The first kappa shape index (κ1) is 16.1. The van der Waals surface area contributed by atoms with E-state index < -0.39 is 15.7 Å². The summed E-state index contributed by atoms with van der Waals surface area (Å²) in [5, 5.41) is 11.5. The Hall–Kier alpha value is -1.00. The number of nitrogens with zero attached hydrogens (tertiary/aromatic N) is 1. The van der Waals surface area contributed by atoms with E-state index in [1.54, 1.807) is 6.92 Å². The third-order valence-corrected chi connectivity index (χ3v) is 3.82. The second-order valence-corrected chi connectivity index (χ2v) is 6.62. The van der Waals surface area contributed by atoms with Crippen molar-refractivity contribution in [1.82, 2.24) is 0 Å². The van der Waals surface area contributed by atoms with Crippen LogP contribution in [0.1, 0.15) is 20.8 Å². The van der Waals surface area contributed by atoms with Gasteiger partial charge in [0, 0.05) is 0 Å². The van der Waals surface area contributed by atoms with E-state index in [2.05, 4.69) is 10.1 Å². The van der Waals surface area contributed by atoms with Crippen LogP contribution in [0.3, 0.4) is 0 Å². The number of halogens is 3. The zero-order valence-corrected chi connectivity index (χ0v) is 12.8. The number of methoxy groups -OCH3 is 1. The smallest absolute Gasteiger partial charge is 0.348 e. The highest BCUT2D eigenvalue weighted by molar-refractivity contribution is 7.18. The molecule has 0 aliphatic carbocycles. The minimum atomic E-state index is -2.16. The van der Waals surface area contributed by atoms with Crippen LogP contribution >= 0.6 is 46.1 Å². The van der Waals surface area contributed by atoms with Crippen molar-refractivity contribution in [3.63, 3.8) is 0 Å². The lowest BCUT2D eigenvalue weighted by molar-refractivity contribution is -0.115. The molecule has 0 fully saturated rings. The van der Waals surface area contributed by atoms with Gasteiger partial charge in [-0.1, -0.05) is 34.8 Å². The fourth-order valence-corrected chi connectivity index (χ4v) is 2.41. The molecule has 1 aromatic heterocycles. The van der Waals surface area contributed by atoms with Crippen molar-refractivity contribution >= 4 is 63.0 Å². The van der Waals surface area contributed by atoms with Crippen LogP contribution in [-0.4, -0.2) is 22.8 Å². The van der Waals surface area contributed by atoms with Crippen LogP contribution < -0.4 is 5.32 Å². The summed E-state index contributed by atoms with van der Waals surface area (Å²) in [6.07, 6.45) is 0. The molecule has 1 N–H and O–H groups in total. The molecule has 0 bridgehead atoms. The lowest BCUT2D eigenvalue weighted by Gasteiger charge is -2.09. The van der Waals surface area contributed by atoms with Crippen LogP contribution in [0.15, 0.2) is 0 Å². The average Bonchev–Trinajstić information content (AvgIpc) is 2.63. The predicted octanol–water partition coefficient (Wildman–Crippen LogP) is 3.02. The molecule has 0 saturated carbocycles. The Balaban J connectivity index is 3.20. The third-order valence-electron chi connectivity index (χ3n) is 2.11. The molecule has 9 heteroatoms. The zero-order valence-electron chi connectivity index (χ0n) is 9.71. The number of thiophene rings is 1. The summed E-state index contributed by atoms with van der Waals surface area (Å²) in [4.78, 5) is 23.2. The molecule has 0 spiro atoms. The van der Waals surface area contributed by atoms with E-state index in [4.69, 9.17) is 40.1 Å². The number of amides is 1. The summed E-state index contributed by atoms with van der Waals surface area (Å²) in [7, 11) is 1.22. The van der Waals surface area contributed by atoms with E-state index in [9.17, 15) is 9.59 Å². The summed E-state index contributed by atoms with van der Waals surface area (Å²) in [6, 6.07) is 1.88. The third kappa shape index (κ3) is 3.51. The number of ether oxygens (including phenoxy) is 1. The van der Waals surface area contributed by atoms with Crippen LogP contribution in [0, 0.1) is 18.3 Å². The summed E-state index contributed by atoms with van der Waals surface area (Å²) in [6.45, 7) is 1.56. The van der Waals surface area contributed by atoms with Gasteiger partial charge in [0.1, 0.15) is 15.9 Å². The molecule has 19 heavy (non-hydrogen) atoms. The number of carbonyl (C=O) groups is 2. The zero-order chi connectivity index (χ0) is 14.8. The number of carbonyl (C=O) groups excluding carboxylic acids is 2. The molecule has 0 atom stereocenters. The molecule has 0 unspecified atom stereocenters. The molecule has 1 rings (SSSR count). The van der Waals surface area contributed by atoms with Gasteiger partial charge in [-0.3, -0.25) is 4.79 Å². The van der Waals surface area contributed by atoms with Gasteiger partial charge < -0.3 is 10.1 Å². The molecule has 5 nitrogen and oxygen atoms in total. The van der Waals surface area contributed by atoms with Crippen molar-refractivity contribution < 1.29 is 14.3 Å². The van der Waals surface area contributed by atoms with E-state index in [-0.39, 0.29) is 15.4 Å². The van der Waals surface area contributed by atoms with E-state index in [0.717, 1.165) is 11.3 Å². The molecule has 0 aromatic carbocycles. The molecule has 1 aromatic rings. The van der Waals surface area contributed by atoms with Crippen LogP contribution in [0.2, 0.25) is 0 Å². The Labute approximate surface area is 128 Å². The largest absolute Gasteiger partial charge is 0.465 e. The SMILES string of the molecule is COC(=O)c1sc(NC(=O)C(Cl)(Cl)Cl)c(C#N)c1C. The first-order chi connectivity index (χ1) is 8.72. The van der Waals surface area contributed by atoms with E-state index >= 15 is 0 Å². The summed E-state index contributed by atoms with van der Waals surface area (Å²) in [5.74, 6) is -1.51. The quantitative estimate of drug-likeness (QED) is 0.662. The van der Waals surface area contributed by atoms with Crippen LogP contribution in [-0.2, 0) is 9.53 Å². The molecular weight excluding hydrogens is 335 g/mol. The van der Waals surface area contributed by atoms with E-state index in [1.807, 2.05) is 6.07 Å². The van der Waals surface area contributed by atoms with Crippen molar-refractivity contribution in [1.29, 1.82) is 5.26 Å². The molecule has 0 radical (unpaired) electrons. The molecule has 0 aliphatic rings. The Morgan fingerprint density at radius 3 is 2.42 bits per heavy atom. The van der Waals surface area contributed by atoms with Gasteiger partial charge in [0.05, 0.1) is 12.7 Å². The maximum absolute atomic E-state index is 11.5. The van der Waals surface area contributed by atoms with Gasteiger partial charge >= 0.3 is 5.97 Å². The van der Waals surface area contributed by atoms with Gasteiger partial charge in [0.15, 0.2) is 0 Å². The first-order valence-corrected chi connectivity index (χ1v) is 6.67. The second-order valence-electron chi connectivity index (χ2n) is 3.32. The fraction of sp³-hybridized carbons (Fsp3) is 0.300. The standard InChI is InChI=1S/C10H7Cl3N2O3S/c1-4-5(3-14)7(15-9(17)10(11,12)13)19-6(4)8(16)18-2/h1-2H3,(H,15,17).